The van der Waals surface area contributed by atoms with Crippen molar-refractivity contribution in [3.8, 4) is 0 Å². The SMILES string of the molecule is C=C(C)/C(C(=O)N(C)Cc1cccc(F)c1F)=C(\CC)C(C)C(C)C. The Balaban J connectivity index is 3.22. The van der Waals surface area contributed by atoms with E-state index >= 15 is 0 Å². The van der Waals surface area contributed by atoms with Crippen molar-refractivity contribution >= 4 is 5.91 Å². The Hall–Kier alpha value is -1.97. The fraction of sp³-hybridized carbons (Fsp3) is 0.476. The van der Waals surface area contributed by atoms with Crippen LogP contribution in [0, 0.1) is 23.5 Å². The predicted molar refractivity (Wildman–Crippen MR) is 99.0 cm³/mol. The van der Waals surface area contributed by atoms with Gasteiger partial charge in [0.25, 0.3) is 5.91 Å². The van der Waals surface area contributed by atoms with Crippen LogP contribution in [0.25, 0.3) is 0 Å². The van der Waals surface area contributed by atoms with Gasteiger partial charge in [-0.05, 0) is 36.8 Å². The minimum atomic E-state index is -0.908. The van der Waals surface area contributed by atoms with Crippen molar-refractivity contribution in [1.82, 2.24) is 4.90 Å². The molecule has 1 unspecified atom stereocenters. The maximum absolute atomic E-state index is 13.9. The van der Waals surface area contributed by atoms with Crippen LogP contribution in [0.4, 0.5) is 8.78 Å². The molecule has 1 aromatic carbocycles. The van der Waals surface area contributed by atoms with Gasteiger partial charge in [0, 0.05) is 24.7 Å². The van der Waals surface area contributed by atoms with E-state index in [1.54, 1.807) is 7.05 Å². The van der Waals surface area contributed by atoms with Gasteiger partial charge in [0.05, 0.1) is 0 Å². The van der Waals surface area contributed by atoms with Crippen molar-refractivity contribution in [2.75, 3.05) is 7.05 Å². The fourth-order valence-corrected chi connectivity index (χ4v) is 2.91. The Kier molecular flexibility index (Phi) is 7.53. The molecule has 1 rings (SSSR count). The maximum Gasteiger partial charge on any atom is 0.254 e. The molecule has 25 heavy (non-hydrogen) atoms. The van der Waals surface area contributed by atoms with Crippen LogP contribution < -0.4 is 0 Å². The Bertz CT molecular complexity index is 676. The van der Waals surface area contributed by atoms with Gasteiger partial charge >= 0.3 is 0 Å². The number of hydrogen-bond donors (Lipinski definition) is 0. The standard InChI is InChI=1S/C21H29F2NO/c1-8-17(15(6)13(2)3)19(14(4)5)21(25)24(7)12-16-10-9-11-18(22)20(16)23/h9-11,13,15H,4,8,12H2,1-3,5-7H3/b19-17-. The molecule has 0 aliphatic rings. The summed E-state index contributed by atoms with van der Waals surface area (Å²) >= 11 is 0. The van der Waals surface area contributed by atoms with Crippen LogP contribution in [0.5, 0.6) is 0 Å². The molecule has 0 saturated carbocycles. The van der Waals surface area contributed by atoms with Gasteiger partial charge in [-0.3, -0.25) is 4.79 Å². The Morgan fingerprint density at radius 3 is 2.32 bits per heavy atom. The third-order valence-corrected chi connectivity index (χ3v) is 4.68. The fourth-order valence-electron chi connectivity index (χ4n) is 2.91. The third-order valence-electron chi connectivity index (χ3n) is 4.68. The van der Waals surface area contributed by atoms with Gasteiger partial charge in [0.15, 0.2) is 11.6 Å². The lowest BCUT2D eigenvalue weighted by atomic mass is 9.83. The van der Waals surface area contributed by atoms with Crippen LogP contribution >= 0.6 is 0 Å². The summed E-state index contributed by atoms with van der Waals surface area (Å²) in [5.74, 6) is -1.39. The number of halogens is 2. The molecule has 0 spiro atoms. The number of amides is 1. The first-order chi connectivity index (χ1) is 11.6. The van der Waals surface area contributed by atoms with Crippen LogP contribution in [-0.4, -0.2) is 17.9 Å². The van der Waals surface area contributed by atoms with Gasteiger partial charge in [-0.2, -0.15) is 0 Å². The first-order valence-corrected chi connectivity index (χ1v) is 8.68. The molecule has 0 heterocycles. The van der Waals surface area contributed by atoms with Crippen LogP contribution in [0.1, 0.15) is 46.6 Å². The van der Waals surface area contributed by atoms with Crippen molar-refractivity contribution in [2.45, 2.75) is 47.6 Å². The highest BCUT2D eigenvalue weighted by Gasteiger charge is 2.24. The van der Waals surface area contributed by atoms with Crippen LogP contribution in [-0.2, 0) is 11.3 Å². The smallest absolute Gasteiger partial charge is 0.254 e. The topological polar surface area (TPSA) is 20.3 Å². The molecule has 0 aliphatic heterocycles. The van der Waals surface area contributed by atoms with E-state index in [1.807, 2.05) is 13.8 Å². The van der Waals surface area contributed by atoms with Crippen molar-refractivity contribution < 1.29 is 13.6 Å². The maximum atomic E-state index is 13.9. The van der Waals surface area contributed by atoms with Crippen LogP contribution in [0.2, 0.25) is 0 Å². The summed E-state index contributed by atoms with van der Waals surface area (Å²) in [4.78, 5) is 14.4. The van der Waals surface area contributed by atoms with Crippen molar-refractivity contribution in [3.63, 3.8) is 0 Å². The van der Waals surface area contributed by atoms with Gasteiger partial charge < -0.3 is 4.90 Å². The monoisotopic (exact) mass is 349 g/mol. The number of carbonyl (C=O) groups is 1. The molecule has 1 aromatic rings. The number of hydrogen-bond acceptors (Lipinski definition) is 1. The number of benzene rings is 1. The minimum Gasteiger partial charge on any atom is -0.337 e. The highest BCUT2D eigenvalue weighted by molar-refractivity contribution is 5.98. The Labute approximate surface area is 150 Å². The van der Waals surface area contributed by atoms with E-state index in [2.05, 4.69) is 27.4 Å². The highest BCUT2D eigenvalue weighted by atomic mass is 19.2. The lowest BCUT2D eigenvalue weighted by Gasteiger charge is -2.26. The van der Waals surface area contributed by atoms with E-state index in [-0.39, 0.29) is 23.9 Å². The second-order valence-corrected chi connectivity index (χ2v) is 6.94. The normalized spacial score (nSPS) is 13.5. The molecule has 4 heteroatoms. The molecule has 138 valence electrons. The molecule has 0 saturated heterocycles. The first-order valence-electron chi connectivity index (χ1n) is 8.68. The van der Waals surface area contributed by atoms with Crippen molar-refractivity contribution in [2.24, 2.45) is 11.8 Å². The van der Waals surface area contributed by atoms with E-state index in [4.69, 9.17) is 0 Å². The summed E-state index contributed by atoms with van der Waals surface area (Å²) < 4.78 is 27.3. The summed E-state index contributed by atoms with van der Waals surface area (Å²) in [6.45, 7) is 14.2. The molecule has 0 aliphatic carbocycles. The van der Waals surface area contributed by atoms with E-state index in [1.165, 1.54) is 17.0 Å². The zero-order chi connectivity index (χ0) is 19.3. The molecule has 0 bridgehead atoms. The number of nitrogens with zero attached hydrogens (tertiary/aromatic N) is 1. The second-order valence-electron chi connectivity index (χ2n) is 6.94. The van der Waals surface area contributed by atoms with Crippen LogP contribution in [0.3, 0.4) is 0 Å². The van der Waals surface area contributed by atoms with E-state index in [0.717, 1.165) is 18.1 Å². The molecule has 0 aromatic heterocycles. The highest BCUT2D eigenvalue weighted by Crippen LogP contribution is 2.29. The van der Waals surface area contributed by atoms with Gasteiger partial charge in [0.1, 0.15) is 0 Å². The molecule has 0 fully saturated rings. The zero-order valence-electron chi connectivity index (χ0n) is 16.1. The molecule has 0 radical (unpaired) electrons. The number of likely N-dealkylation sites (N-methyl/N-ethyl adjacent to an activating group) is 1. The Morgan fingerprint density at radius 1 is 1.24 bits per heavy atom. The molecule has 1 atom stereocenters. The van der Waals surface area contributed by atoms with Crippen molar-refractivity contribution in [3.05, 3.63) is 58.7 Å². The average Bonchev–Trinajstić information content (AvgIpc) is 2.54. The van der Waals surface area contributed by atoms with Gasteiger partial charge in [-0.1, -0.05) is 52.0 Å². The van der Waals surface area contributed by atoms with Gasteiger partial charge in [-0.15, -0.1) is 0 Å². The number of allylic oxidation sites excluding steroid dienone is 1. The van der Waals surface area contributed by atoms with Gasteiger partial charge in [-0.25, -0.2) is 8.78 Å². The number of rotatable bonds is 7. The van der Waals surface area contributed by atoms with E-state index in [9.17, 15) is 13.6 Å². The first kappa shape index (κ1) is 21.1. The Morgan fingerprint density at radius 2 is 1.84 bits per heavy atom. The summed E-state index contributed by atoms with van der Waals surface area (Å²) in [5, 5.41) is 0. The minimum absolute atomic E-state index is 0.00621. The third kappa shape index (κ3) is 5.00. The van der Waals surface area contributed by atoms with Gasteiger partial charge in [0.2, 0.25) is 0 Å². The molecular weight excluding hydrogens is 320 g/mol. The lowest BCUT2D eigenvalue weighted by molar-refractivity contribution is -0.126. The van der Waals surface area contributed by atoms with Crippen molar-refractivity contribution in [1.29, 1.82) is 0 Å². The number of carbonyl (C=O) groups excluding carboxylic acids is 1. The second kappa shape index (κ2) is 8.93. The van der Waals surface area contributed by atoms with E-state index < -0.39 is 11.6 Å². The largest absolute Gasteiger partial charge is 0.337 e. The molecule has 1 amide bonds. The van der Waals surface area contributed by atoms with E-state index in [0.29, 0.717) is 17.1 Å². The molecular formula is C21H29F2NO. The molecule has 2 nitrogen and oxygen atoms in total. The summed E-state index contributed by atoms with van der Waals surface area (Å²) in [6, 6.07) is 4.00. The average molecular weight is 349 g/mol. The van der Waals surface area contributed by atoms with Crippen LogP contribution in [0.15, 0.2) is 41.5 Å². The predicted octanol–water partition coefficient (Wildman–Crippen LogP) is 5.50. The lowest BCUT2D eigenvalue weighted by Crippen LogP contribution is -2.30. The summed E-state index contributed by atoms with van der Waals surface area (Å²) in [7, 11) is 1.60. The molecule has 0 N–H and O–H groups in total. The quantitative estimate of drug-likeness (QED) is 0.470. The summed E-state index contributed by atoms with van der Waals surface area (Å²) in [5.41, 5.74) is 2.51. The zero-order valence-corrected chi connectivity index (χ0v) is 16.1. The summed E-state index contributed by atoms with van der Waals surface area (Å²) in [6.07, 6.45) is 0.745.